The predicted molar refractivity (Wildman–Crippen MR) is 89.5 cm³/mol. The lowest BCUT2D eigenvalue weighted by atomic mass is 10.0. The van der Waals surface area contributed by atoms with Crippen LogP contribution in [0.3, 0.4) is 0 Å². The highest BCUT2D eigenvalue weighted by Crippen LogP contribution is 2.37. The highest BCUT2D eigenvalue weighted by Gasteiger charge is 2.16. The Morgan fingerprint density at radius 3 is 2.55 bits per heavy atom. The fourth-order valence-corrected chi connectivity index (χ4v) is 3.13. The zero-order valence-corrected chi connectivity index (χ0v) is 14.5. The van der Waals surface area contributed by atoms with Gasteiger partial charge >= 0.3 is 0 Å². The molecule has 0 heterocycles. The summed E-state index contributed by atoms with van der Waals surface area (Å²) >= 11 is 22.2. The van der Waals surface area contributed by atoms with Crippen LogP contribution in [0.2, 0.25) is 10.0 Å². The van der Waals surface area contributed by atoms with Gasteiger partial charge in [0.05, 0.1) is 16.5 Å². The third-order valence-electron chi connectivity index (χ3n) is 2.78. The molecule has 0 saturated heterocycles. The molecule has 0 amide bonds. The van der Waals surface area contributed by atoms with Crippen LogP contribution in [0.15, 0.2) is 40.9 Å². The van der Waals surface area contributed by atoms with Gasteiger partial charge in [0.2, 0.25) is 0 Å². The number of hydrogen-bond acceptors (Lipinski definition) is 1. The fraction of sp³-hybridized carbons (Fsp3) is 0.200. The molecular weight excluding hydrogens is 382 g/mol. The van der Waals surface area contributed by atoms with Gasteiger partial charge in [-0.05, 0) is 64.3 Å². The van der Waals surface area contributed by atoms with E-state index in [0.717, 1.165) is 21.3 Å². The van der Waals surface area contributed by atoms with Crippen molar-refractivity contribution in [3.05, 3.63) is 62.0 Å². The van der Waals surface area contributed by atoms with Crippen molar-refractivity contribution in [3.63, 3.8) is 0 Å². The molecule has 106 valence electrons. The maximum Gasteiger partial charge on any atom is 0.133 e. The van der Waals surface area contributed by atoms with Crippen molar-refractivity contribution >= 4 is 50.7 Å². The lowest BCUT2D eigenvalue weighted by molar-refractivity contribution is 0.338. The van der Waals surface area contributed by atoms with E-state index in [-0.39, 0.29) is 5.38 Å². The number of halogens is 4. The van der Waals surface area contributed by atoms with Crippen molar-refractivity contribution in [2.75, 3.05) is 6.61 Å². The molecule has 0 aliphatic carbocycles. The highest BCUT2D eigenvalue weighted by molar-refractivity contribution is 9.10. The Labute approximate surface area is 141 Å². The van der Waals surface area contributed by atoms with Crippen LogP contribution in [0.4, 0.5) is 0 Å². The molecular formula is C15H12BrCl3O. The van der Waals surface area contributed by atoms with Crippen LogP contribution in [-0.4, -0.2) is 6.61 Å². The topological polar surface area (TPSA) is 9.23 Å². The van der Waals surface area contributed by atoms with Gasteiger partial charge in [0, 0.05) is 10.0 Å². The molecule has 5 heteroatoms. The molecule has 1 nitrogen and oxygen atoms in total. The zero-order valence-electron chi connectivity index (χ0n) is 10.7. The molecule has 20 heavy (non-hydrogen) atoms. The summed E-state index contributed by atoms with van der Waals surface area (Å²) in [5, 5.41) is 0.840. The molecule has 0 N–H and O–H groups in total. The first-order chi connectivity index (χ1) is 9.52. The van der Waals surface area contributed by atoms with E-state index < -0.39 is 0 Å². The van der Waals surface area contributed by atoms with Gasteiger partial charge in [-0.1, -0.05) is 29.3 Å². The second kappa shape index (κ2) is 7.04. The van der Waals surface area contributed by atoms with Crippen LogP contribution in [0.5, 0.6) is 5.75 Å². The summed E-state index contributed by atoms with van der Waals surface area (Å²) in [7, 11) is 0. The minimum atomic E-state index is -0.367. The van der Waals surface area contributed by atoms with E-state index in [1.807, 2.05) is 25.1 Å². The van der Waals surface area contributed by atoms with Crippen LogP contribution in [-0.2, 0) is 0 Å². The normalized spacial score (nSPS) is 12.2. The Balaban J connectivity index is 2.35. The largest absolute Gasteiger partial charge is 0.493 e. The Bertz CT molecular complexity index is 616. The number of hydrogen-bond donors (Lipinski definition) is 0. The van der Waals surface area contributed by atoms with Crippen LogP contribution < -0.4 is 4.74 Å². The molecule has 2 rings (SSSR count). The number of alkyl halides is 1. The van der Waals surface area contributed by atoms with Gasteiger partial charge in [0.25, 0.3) is 0 Å². The molecule has 0 fully saturated rings. The van der Waals surface area contributed by atoms with Gasteiger partial charge < -0.3 is 4.74 Å². The summed E-state index contributed by atoms with van der Waals surface area (Å²) in [5.74, 6) is 0.789. The number of rotatable bonds is 4. The summed E-state index contributed by atoms with van der Waals surface area (Å²) in [5.41, 5.74) is 1.71. The monoisotopic (exact) mass is 392 g/mol. The van der Waals surface area contributed by atoms with Crippen LogP contribution >= 0.6 is 50.7 Å². The minimum absolute atomic E-state index is 0.367. The molecule has 0 aliphatic rings. The Hall–Kier alpha value is -0.410. The maximum absolute atomic E-state index is 6.51. The average Bonchev–Trinajstić information content (AvgIpc) is 2.43. The quantitative estimate of drug-likeness (QED) is 0.539. The van der Waals surface area contributed by atoms with Crippen LogP contribution in [0.1, 0.15) is 23.4 Å². The van der Waals surface area contributed by atoms with Crippen molar-refractivity contribution in [2.24, 2.45) is 0 Å². The van der Waals surface area contributed by atoms with Gasteiger partial charge in [-0.3, -0.25) is 0 Å². The second-order valence-corrected chi connectivity index (χ2v) is 6.29. The van der Waals surface area contributed by atoms with E-state index in [1.54, 1.807) is 18.2 Å². The maximum atomic E-state index is 6.51. The minimum Gasteiger partial charge on any atom is -0.493 e. The second-order valence-electron chi connectivity index (χ2n) is 4.15. The van der Waals surface area contributed by atoms with Crippen LogP contribution in [0.25, 0.3) is 0 Å². The third-order valence-corrected chi connectivity index (χ3v) is 4.47. The molecule has 0 spiro atoms. The smallest absolute Gasteiger partial charge is 0.133 e. The van der Waals surface area contributed by atoms with E-state index in [0.29, 0.717) is 16.7 Å². The first-order valence-electron chi connectivity index (χ1n) is 6.04. The molecule has 0 aromatic heterocycles. The zero-order chi connectivity index (χ0) is 14.7. The van der Waals surface area contributed by atoms with Gasteiger partial charge in [-0.15, -0.1) is 11.6 Å². The molecule has 0 bridgehead atoms. The average molecular weight is 395 g/mol. The first-order valence-corrected chi connectivity index (χ1v) is 8.02. The van der Waals surface area contributed by atoms with E-state index in [4.69, 9.17) is 39.5 Å². The fourth-order valence-electron chi connectivity index (χ4n) is 1.84. The molecule has 1 unspecified atom stereocenters. The van der Waals surface area contributed by atoms with E-state index in [1.165, 1.54) is 0 Å². The summed E-state index contributed by atoms with van der Waals surface area (Å²) in [6, 6.07) is 11.0. The Morgan fingerprint density at radius 2 is 1.90 bits per heavy atom. The van der Waals surface area contributed by atoms with Crippen molar-refractivity contribution in [1.29, 1.82) is 0 Å². The molecule has 0 radical (unpaired) electrons. The summed E-state index contributed by atoms with van der Waals surface area (Å²) < 4.78 is 6.34. The van der Waals surface area contributed by atoms with E-state index >= 15 is 0 Å². The molecule has 2 aromatic carbocycles. The highest BCUT2D eigenvalue weighted by atomic mass is 79.9. The van der Waals surface area contributed by atoms with Crippen molar-refractivity contribution in [3.8, 4) is 5.75 Å². The Kier molecular flexibility index (Phi) is 5.62. The molecule has 0 saturated carbocycles. The molecule has 2 aromatic rings. The van der Waals surface area contributed by atoms with E-state index in [2.05, 4.69) is 15.9 Å². The molecule has 0 aliphatic heterocycles. The van der Waals surface area contributed by atoms with Crippen LogP contribution in [0, 0.1) is 0 Å². The van der Waals surface area contributed by atoms with Gasteiger partial charge in [0.1, 0.15) is 5.75 Å². The summed E-state index contributed by atoms with van der Waals surface area (Å²) in [6.45, 7) is 2.55. The van der Waals surface area contributed by atoms with Crippen molar-refractivity contribution in [2.45, 2.75) is 12.3 Å². The Morgan fingerprint density at radius 1 is 1.15 bits per heavy atom. The summed E-state index contributed by atoms with van der Waals surface area (Å²) in [4.78, 5) is 0. The first kappa shape index (κ1) is 16.0. The summed E-state index contributed by atoms with van der Waals surface area (Å²) in [6.07, 6.45) is 0. The number of benzene rings is 2. The van der Waals surface area contributed by atoms with Crippen molar-refractivity contribution < 1.29 is 4.74 Å². The lowest BCUT2D eigenvalue weighted by Gasteiger charge is -2.14. The third kappa shape index (κ3) is 3.62. The SMILES string of the molecule is CCOc1ccc(C(Cl)c2cc(Cl)ccc2Cl)cc1Br. The van der Waals surface area contributed by atoms with Crippen molar-refractivity contribution in [1.82, 2.24) is 0 Å². The number of ether oxygens (including phenoxy) is 1. The van der Waals surface area contributed by atoms with Gasteiger partial charge in [-0.25, -0.2) is 0 Å². The van der Waals surface area contributed by atoms with E-state index in [9.17, 15) is 0 Å². The van der Waals surface area contributed by atoms with Gasteiger partial charge in [-0.2, -0.15) is 0 Å². The van der Waals surface area contributed by atoms with Gasteiger partial charge in [0.15, 0.2) is 0 Å². The standard InChI is InChI=1S/C15H12BrCl3O/c1-2-20-14-6-3-9(7-12(14)16)15(19)11-8-10(17)4-5-13(11)18/h3-8,15H,2H2,1H3. The predicted octanol–water partition coefficient (Wildman–Crippen LogP) is 6.48. The lowest BCUT2D eigenvalue weighted by Crippen LogP contribution is -1.97. The molecule has 1 atom stereocenters.